The second-order valence-corrected chi connectivity index (χ2v) is 9.24. The van der Waals surface area contributed by atoms with Gasteiger partial charge in [-0.2, -0.15) is 5.26 Å². The van der Waals surface area contributed by atoms with E-state index in [1.54, 1.807) is 31.4 Å². The van der Waals surface area contributed by atoms with E-state index in [2.05, 4.69) is 25.5 Å². The van der Waals surface area contributed by atoms with Crippen LogP contribution in [0.15, 0.2) is 34.2 Å². The van der Waals surface area contributed by atoms with E-state index in [1.807, 2.05) is 26.8 Å². The van der Waals surface area contributed by atoms with Gasteiger partial charge in [-0.25, -0.2) is 4.98 Å². The van der Waals surface area contributed by atoms with Gasteiger partial charge in [0.2, 0.25) is 11.0 Å². The van der Waals surface area contributed by atoms with E-state index in [9.17, 15) is 14.9 Å². The number of hydrogen-bond acceptors (Lipinski definition) is 9. The lowest BCUT2D eigenvalue weighted by atomic mass is 10.1. The first-order chi connectivity index (χ1) is 15.4. The predicted molar refractivity (Wildman–Crippen MR) is 124 cm³/mol. The molecule has 0 fully saturated rings. The molecule has 11 heteroatoms. The maximum Gasteiger partial charge on any atom is 0.270 e. The molecule has 0 bridgehead atoms. The summed E-state index contributed by atoms with van der Waals surface area (Å²) in [5.74, 6) is 0.604. The number of amides is 1. The largest absolute Gasteiger partial charge is 0.497 e. The van der Waals surface area contributed by atoms with Crippen LogP contribution in [0.3, 0.4) is 0 Å². The molecule has 2 N–H and O–H groups in total. The van der Waals surface area contributed by atoms with E-state index in [-0.39, 0.29) is 28.2 Å². The lowest BCUT2D eigenvalue weighted by Gasteiger charge is -2.13. The molecule has 0 spiro atoms. The normalized spacial score (nSPS) is 11.8. The van der Waals surface area contributed by atoms with Crippen molar-refractivity contribution < 1.29 is 9.53 Å². The minimum Gasteiger partial charge on any atom is -0.497 e. The van der Waals surface area contributed by atoms with Crippen molar-refractivity contribution in [2.24, 2.45) is 0 Å². The molecule has 2 aromatic heterocycles. The zero-order chi connectivity index (χ0) is 23.3. The molecule has 1 amide bonds. The fourth-order valence-electron chi connectivity index (χ4n) is 2.73. The number of nitriles is 1. The van der Waals surface area contributed by atoms with Crippen molar-refractivity contribution >= 4 is 34.1 Å². The van der Waals surface area contributed by atoms with E-state index in [0.717, 1.165) is 16.8 Å². The summed E-state index contributed by atoms with van der Waals surface area (Å²) in [4.78, 5) is 32.4. The Morgan fingerprint density at radius 1 is 1.31 bits per heavy atom. The minimum atomic E-state index is -0.559. The van der Waals surface area contributed by atoms with Gasteiger partial charge in [0.25, 0.3) is 5.56 Å². The van der Waals surface area contributed by atoms with Crippen LogP contribution in [0.2, 0.25) is 0 Å². The maximum absolute atomic E-state index is 12.8. The molecular weight excluding hydrogens is 448 g/mol. The molecule has 1 atom stereocenters. The first kappa shape index (κ1) is 23.4. The lowest BCUT2D eigenvalue weighted by Crippen LogP contribution is -2.25. The molecule has 2 heterocycles. The quantitative estimate of drug-likeness (QED) is 0.375. The van der Waals surface area contributed by atoms with Crippen LogP contribution in [0.1, 0.15) is 43.7 Å². The molecule has 1 aromatic carbocycles. The molecule has 0 saturated heterocycles. The number of aromatic amines is 1. The monoisotopic (exact) mass is 470 g/mol. The molecule has 9 nitrogen and oxygen atoms in total. The first-order valence-electron chi connectivity index (χ1n) is 9.86. The molecule has 0 radical (unpaired) electrons. The Hall–Kier alpha value is -3.23. The van der Waals surface area contributed by atoms with E-state index in [0.29, 0.717) is 22.9 Å². The zero-order valence-corrected chi connectivity index (χ0v) is 19.6. The molecule has 3 aromatic rings. The van der Waals surface area contributed by atoms with Crippen LogP contribution >= 0.6 is 23.1 Å². The summed E-state index contributed by atoms with van der Waals surface area (Å²) in [5, 5.41) is 21.3. The van der Waals surface area contributed by atoms with Crippen LogP contribution < -0.4 is 15.6 Å². The van der Waals surface area contributed by atoms with Crippen molar-refractivity contribution in [3.63, 3.8) is 0 Å². The summed E-state index contributed by atoms with van der Waals surface area (Å²) in [6.45, 7) is 5.87. The van der Waals surface area contributed by atoms with Gasteiger partial charge < -0.3 is 9.72 Å². The average molecular weight is 471 g/mol. The minimum absolute atomic E-state index is 0.0907. The number of aromatic nitrogens is 4. The number of H-pyrrole nitrogens is 1. The van der Waals surface area contributed by atoms with Gasteiger partial charge in [-0.15, -0.1) is 10.2 Å². The van der Waals surface area contributed by atoms with Gasteiger partial charge >= 0.3 is 0 Å². The Kier molecular flexibility index (Phi) is 7.61. The molecule has 166 valence electrons. The SMILES string of the molecule is CCC(Sc1nc(-c2ccc(OC)cc2)c(C#N)c(=O)[nH]1)C(=O)Nc1nnc(C(C)C)s1. The Morgan fingerprint density at radius 2 is 2.03 bits per heavy atom. The Labute approximate surface area is 193 Å². The van der Waals surface area contributed by atoms with Crippen LogP contribution in [-0.2, 0) is 4.79 Å². The highest BCUT2D eigenvalue weighted by atomic mass is 32.2. The number of ether oxygens (including phenoxy) is 1. The molecule has 1 unspecified atom stereocenters. The summed E-state index contributed by atoms with van der Waals surface area (Å²) in [7, 11) is 1.55. The number of thioether (sulfide) groups is 1. The summed E-state index contributed by atoms with van der Waals surface area (Å²) in [6, 6.07) is 8.81. The fourth-order valence-corrected chi connectivity index (χ4v) is 4.38. The smallest absolute Gasteiger partial charge is 0.270 e. The Balaban J connectivity index is 1.85. The summed E-state index contributed by atoms with van der Waals surface area (Å²) < 4.78 is 5.16. The van der Waals surface area contributed by atoms with Gasteiger partial charge in [-0.1, -0.05) is 43.9 Å². The second-order valence-electron chi connectivity index (χ2n) is 7.04. The summed E-state index contributed by atoms with van der Waals surface area (Å²) in [5.41, 5.74) is 0.203. The number of rotatable bonds is 8. The van der Waals surface area contributed by atoms with Gasteiger partial charge in [0, 0.05) is 11.5 Å². The lowest BCUT2D eigenvalue weighted by molar-refractivity contribution is -0.115. The van der Waals surface area contributed by atoms with Gasteiger partial charge in [0.1, 0.15) is 22.4 Å². The average Bonchev–Trinajstić information content (AvgIpc) is 3.26. The van der Waals surface area contributed by atoms with Crippen molar-refractivity contribution in [2.45, 2.75) is 43.5 Å². The number of nitrogens with zero attached hydrogens (tertiary/aromatic N) is 4. The van der Waals surface area contributed by atoms with Gasteiger partial charge in [-0.3, -0.25) is 14.9 Å². The number of methoxy groups -OCH3 is 1. The van der Waals surface area contributed by atoms with Crippen molar-refractivity contribution in [3.8, 4) is 23.1 Å². The second kappa shape index (κ2) is 10.4. The van der Waals surface area contributed by atoms with Crippen LogP contribution in [0, 0.1) is 11.3 Å². The summed E-state index contributed by atoms with van der Waals surface area (Å²) in [6.07, 6.45) is 0.494. The molecule has 0 aliphatic heterocycles. The van der Waals surface area contributed by atoms with E-state index >= 15 is 0 Å². The van der Waals surface area contributed by atoms with E-state index in [1.165, 1.54) is 11.3 Å². The number of anilines is 1. The van der Waals surface area contributed by atoms with E-state index < -0.39 is 10.8 Å². The van der Waals surface area contributed by atoms with Crippen LogP contribution in [0.4, 0.5) is 5.13 Å². The molecule has 0 aliphatic rings. The molecule has 3 rings (SSSR count). The zero-order valence-electron chi connectivity index (χ0n) is 18.0. The molecule has 32 heavy (non-hydrogen) atoms. The number of benzene rings is 1. The Morgan fingerprint density at radius 3 is 2.59 bits per heavy atom. The predicted octanol–water partition coefficient (Wildman–Crippen LogP) is 3.80. The molecule has 0 aliphatic carbocycles. The van der Waals surface area contributed by atoms with Gasteiger partial charge in [0.15, 0.2) is 5.16 Å². The third kappa shape index (κ3) is 5.33. The highest BCUT2D eigenvalue weighted by Crippen LogP contribution is 2.28. The van der Waals surface area contributed by atoms with E-state index in [4.69, 9.17) is 4.74 Å². The number of carbonyl (C=O) groups excluding carboxylic acids is 1. The maximum atomic E-state index is 12.8. The van der Waals surface area contributed by atoms with Crippen LogP contribution in [-0.4, -0.2) is 38.4 Å². The van der Waals surface area contributed by atoms with Gasteiger partial charge in [-0.05, 0) is 30.7 Å². The fraction of sp³-hybridized carbons (Fsp3) is 0.333. The molecule has 0 saturated carbocycles. The topological polar surface area (TPSA) is 134 Å². The van der Waals surface area contributed by atoms with Crippen LogP contribution in [0.5, 0.6) is 5.75 Å². The number of carbonyl (C=O) groups is 1. The van der Waals surface area contributed by atoms with Crippen molar-refractivity contribution in [2.75, 3.05) is 12.4 Å². The highest BCUT2D eigenvalue weighted by Gasteiger charge is 2.23. The van der Waals surface area contributed by atoms with Crippen molar-refractivity contribution in [3.05, 3.63) is 45.2 Å². The third-order valence-corrected chi connectivity index (χ3v) is 6.84. The van der Waals surface area contributed by atoms with Crippen molar-refractivity contribution in [1.82, 2.24) is 20.2 Å². The standard InChI is InChI=1S/C21H22N6O3S2/c1-5-15(18(29)25-21-27-26-19(32-21)11(2)3)31-20-23-16(14(10-22)17(28)24-20)12-6-8-13(30-4)9-7-12/h6-9,11,15H,5H2,1-4H3,(H,23,24,28)(H,25,27,29). The number of hydrogen-bond donors (Lipinski definition) is 2. The van der Waals surface area contributed by atoms with Gasteiger partial charge in [0.05, 0.1) is 18.1 Å². The Bertz CT molecular complexity index is 1200. The molecular formula is C21H22N6O3S2. The first-order valence-corrected chi connectivity index (χ1v) is 11.6. The third-order valence-electron chi connectivity index (χ3n) is 4.45. The van der Waals surface area contributed by atoms with Crippen molar-refractivity contribution in [1.29, 1.82) is 5.26 Å². The number of nitrogens with one attached hydrogen (secondary N) is 2. The highest BCUT2D eigenvalue weighted by molar-refractivity contribution is 8.00. The summed E-state index contributed by atoms with van der Waals surface area (Å²) >= 11 is 2.45. The van der Waals surface area contributed by atoms with Crippen LogP contribution in [0.25, 0.3) is 11.3 Å².